The number of hydrazone groups is 1. The van der Waals surface area contributed by atoms with Crippen LogP contribution < -0.4 is 25.5 Å². The Hall–Kier alpha value is -4.87. The van der Waals surface area contributed by atoms with E-state index < -0.39 is 36.1 Å². The quantitative estimate of drug-likeness (QED) is 0.198. The standard InChI is InChI=1S/C28H27F3N4O5/c1-4-39-23-14-19(15-32-35-27(38)26(37)34-25-17(2)8-7-9-18(25)3)12-13-22(23)40-16-24(36)33-21-11-6-5-10-20(21)28(29,30)31/h5-15H,4,16H2,1-3H3,(H,33,36)(H,34,37)(H,35,38)/b32-15-. The Labute approximate surface area is 228 Å². The van der Waals surface area contributed by atoms with E-state index in [9.17, 15) is 27.6 Å². The summed E-state index contributed by atoms with van der Waals surface area (Å²) in [6.07, 6.45) is -3.36. The number of aryl methyl sites for hydroxylation is 2. The molecule has 3 amide bonds. The zero-order chi connectivity index (χ0) is 29.3. The highest BCUT2D eigenvalue weighted by Crippen LogP contribution is 2.34. The van der Waals surface area contributed by atoms with Crippen LogP contribution in [0.3, 0.4) is 0 Å². The molecule has 0 aliphatic rings. The van der Waals surface area contributed by atoms with E-state index in [4.69, 9.17) is 9.47 Å². The zero-order valence-corrected chi connectivity index (χ0v) is 21.9. The molecule has 0 atom stereocenters. The number of benzene rings is 3. The molecule has 0 bridgehead atoms. The van der Waals surface area contributed by atoms with Gasteiger partial charge in [0.05, 0.1) is 24.1 Å². The summed E-state index contributed by atoms with van der Waals surface area (Å²) in [6, 6.07) is 14.6. The molecule has 0 saturated carbocycles. The molecule has 3 aromatic carbocycles. The van der Waals surface area contributed by atoms with Crippen LogP contribution in [0.15, 0.2) is 65.8 Å². The van der Waals surface area contributed by atoms with Crippen molar-refractivity contribution < 1.29 is 37.0 Å². The minimum atomic E-state index is -4.63. The van der Waals surface area contributed by atoms with Crippen LogP contribution in [0.25, 0.3) is 0 Å². The maximum atomic E-state index is 13.2. The van der Waals surface area contributed by atoms with E-state index in [0.717, 1.165) is 23.3 Å². The van der Waals surface area contributed by atoms with Gasteiger partial charge in [-0.05, 0) is 67.8 Å². The number of ether oxygens (including phenoxy) is 2. The molecule has 0 heterocycles. The van der Waals surface area contributed by atoms with Crippen molar-refractivity contribution in [1.29, 1.82) is 0 Å². The van der Waals surface area contributed by atoms with Crippen LogP contribution in [-0.2, 0) is 20.6 Å². The van der Waals surface area contributed by atoms with Crippen LogP contribution in [0.4, 0.5) is 24.5 Å². The number of alkyl halides is 3. The molecule has 0 fully saturated rings. The lowest BCUT2D eigenvalue weighted by atomic mass is 10.1. The van der Waals surface area contributed by atoms with Gasteiger partial charge in [0.2, 0.25) is 0 Å². The van der Waals surface area contributed by atoms with Crippen molar-refractivity contribution in [3.8, 4) is 11.5 Å². The number of anilines is 2. The molecule has 0 aromatic heterocycles. The van der Waals surface area contributed by atoms with Gasteiger partial charge in [-0.1, -0.05) is 30.3 Å². The Morgan fingerprint density at radius 1 is 0.875 bits per heavy atom. The number of rotatable bonds is 9. The number of nitrogens with one attached hydrogen (secondary N) is 3. The molecule has 3 N–H and O–H groups in total. The number of amides is 3. The highest BCUT2D eigenvalue weighted by Gasteiger charge is 2.33. The Morgan fingerprint density at radius 2 is 1.57 bits per heavy atom. The van der Waals surface area contributed by atoms with Crippen molar-refractivity contribution in [1.82, 2.24) is 5.43 Å². The first-order valence-corrected chi connectivity index (χ1v) is 12.1. The molecule has 3 rings (SSSR count). The molecule has 0 radical (unpaired) electrons. The maximum Gasteiger partial charge on any atom is 0.418 e. The smallest absolute Gasteiger partial charge is 0.418 e. The van der Waals surface area contributed by atoms with Crippen LogP contribution in [0.5, 0.6) is 11.5 Å². The van der Waals surface area contributed by atoms with E-state index in [1.165, 1.54) is 30.5 Å². The van der Waals surface area contributed by atoms with Crippen molar-refractivity contribution in [2.45, 2.75) is 26.9 Å². The largest absolute Gasteiger partial charge is 0.490 e. The fourth-order valence-electron chi connectivity index (χ4n) is 3.56. The molecule has 40 heavy (non-hydrogen) atoms. The molecular formula is C28H27F3N4O5. The number of carbonyl (C=O) groups excluding carboxylic acids is 3. The van der Waals surface area contributed by atoms with Gasteiger partial charge in [0.15, 0.2) is 18.1 Å². The molecule has 12 heteroatoms. The summed E-state index contributed by atoms with van der Waals surface area (Å²) in [5.74, 6) is -2.26. The summed E-state index contributed by atoms with van der Waals surface area (Å²) in [6.45, 7) is 5.01. The van der Waals surface area contributed by atoms with E-state index >= 15 is 0 Å². The lowest BCUT2D eigenvalue weighted by Gasteiger charge is -2.15. The van der Waals surface area contributed by atoms with E-state index in [-0.39, 0.29) is 23.8 Å². The van der Waals surface area contributed by atoms with Crippen molar-refractivity contribution in [2.24, 2.45) is 5.10 Å². The lowest BCUT2D eigenvalue weighted by Crippen LogP contribution is -2.32. The number of para-hydroxylation sites is 2. The highest BCUT2D eigenvalue weighted by molar-refractivity contribution is 6.39. The first kappa shape index (κ1) is 29.7. The summed E-state index contributed by atoms with van der Waals surface area (Å²) >= 11 is 0. The van der Waals surface area contributed by atoms with Gasteiger partial charge in [-0.2, -0.15) is 18.3 Å². The Bertz CT molecular complexity index is 1400. The van der Waals surface area contributed by atoms with Crippen molar-refractivity contribution in [3.05, 3.63) is 82.9 Å². The fraction of sp³-hybridized carbons (Fsp3) is 0.214. The minimum absolute atomic E-state index is 0.162. The van der Waals surface area contributed by atoms with Crippen molar-refractivity contribution in [2.75, 3.05) is 23.8 Å². The minimum Gasteiger partial charge on any atom is -0.490 e. The molecule has 0 spiro atoms. The number of halogens is 3. The van der Waals surface area contributed by atoms with Gasteiger partial charge in [-0.15, -0.1) is 0 Å². The Balaban J connectivity index is 1.60. The Kier molecular flexibility index (Phi) is 9.85. The van der Waals surface area contributed by atoms with E-state index in [2.05, 4.69) is 21.2 Å². The summed E-state index contributed by atoms with van der Waals surface area (Å²) in [7, 11) is 0. The first-order chi connectivity index (χ1) is 19.0. The summed E-state index contributed by atoms with van der Waals surface area (Å²) in [4.78, 5) is 36.7. The fourth-order valence-corrected chi connectivity index (χ4v) is 3.56. The second-order valence-electron chi connectivity index (χ2n) is 8.44. The van der Waals surface area contributed by atoms with Crippen LogP contribution >= 0.6 is 0 Å². The van der Waals surface area contributed by atoms with E-state index in [1.54, 1.807) is 39.0 Å². The molecular weight excluding hydrogens is 529 g/mol. The molecule has 0 saturated heterocycles. The zero-order valence-electron chi connectivity index (χ0n) is 21.9. The van der Waals surface area contributed by atoms with Gasteiger partial charge in [-0.25, -0.2) is 5.43 Å². The van der Waals surface area contributed by atoms with Gasteiger partial charge in [-0.3, -0.25) is 14.4 Å². The predicted molar refractivity (Wildman–Crippen MR) is 143 cm³/mol. The van der Waals surface area contributed by atoms with Gasteiger partial charge in [0, 0.05) is 5.69 Å². The Morgan fingerprint density at radius 3 is 2.25 bits per heavy atom. The average Bonchev–Trinajstić information content (AvgIpc) is 2.90. The van der Waals surface area contributed by atoms with Crippen molar-refractivity contribution >= 4 is 35.3 Å². The summed E-state index contributed by atoms with van der Waals surface area (Å²) < 4.78 is 50.5. The number of hydrogen-bond acceptors (Lipinski definition) is 6. The number of nitrogens with zero attached hydrogens (tertiary/aromatic N) is 1. The van der Waals surface area contributed by atoms with E-state index in [0.29, 0.717) is 11.3 Å². The monoisotopic (exact) mass is 556 g/mol. The average molecular weight is 557 g/mol. The van der Waals surface area contributed by atoms with Gasteiger partial charge in [0.1, 0.15) is 0 Å². The molecule has 9 nitrogen and oxygen atoms in total. The van der Waals surface area contributed by atoms with Crippen LogP contribution in [0.2, 0.25) is 0 Å². The van der Waals surface area contributed by atoms with Gasteiger partial charge < -0.3 is 20.1 Å². The molecule has 0 aliphatic carbocycles. The SMILES string of the molecule is CCOc1cc(/C=N\NC(=O)C(=O)Nc2c(C)cccc2C)ccc1OCC(=O)Nc1ccccc1C(F)(F)F. The maximum absolute atomic E-state index is 13.2. The van der Waals surface area contributed by atoms with E-state index in [1.807, 2.05) is 6.07 Å². The molecule has 210 valence electrons. The first-order valence-electron chi connectivity index (χ1n) is 12.1. The second-order valence-corrected chi connectivity index (χ2v) is 8.44. The normalized spacial score (nSPS) is 11.2. The van der Waals surface area contributed by atoms with Crippen LogP contribution in [-0.4, -0.2) is 37.1 Å². The second kappa shape index (κ2) is 13.3. The number of carbonyl (C=O) groups is 3. The third-order valence-corrected chi connectivity index (χ3v) is 5.44. The molecule has 0 unspecified atom stereocenters. The third kappa shape index (κ3) is 8.06. The van der Waals surface area contributed by atoms with Gasteiger partial charge in [0.25, 0.3) is 5.91 Å². The van der Waals surface area contributed by atoms with Gasteiger partial charge >= 0.3 is 18.0 Å². The lowest BCUT2D eigenvalue weighted by molar-refractivity contribution is -0.137. The summed E-state index contributed by atoms with van der Waals surface area (Å²) in [5.41, 5.74) is 3.41. The summed E-state index contributed by atoms with van der Waals surface area (Å²) in [5, 5.41) is 8.55. The molecule has 3 aromatic rings. The third-order valence-electron chi connectivity index (χ3n) is 5.44. The predicted octanol–water partition coefficient (Wildman–Crippen LogP) is 4.83. The van der Waals surface area contributed by atoms with Crippen LogP contribution in [0, 0.1) is 13.8 Å². The number of hydrogen-bond donors (Lipinski definition) is 3. The van der Waals surface area contributed by atoms with Crippen LogP contribution in [0.1, 0.15) is 29.2 Å². The molecule has 0 aliphatic heterocycles. The highest BCUT2D eigenvalue weighted by atomic mass is 19.4. The topological polar surface area (TPSA) is 118 Å². The van der Waals surface area contributed by atoms with Crippen molar-refractivity contribution in [3.63, 3.8) is 0 Å².